The number of hydrogen-bond donors (Lipinski definition) is 1. The van der Waals surface area contributed by atoms with Crippen LogP contribution in [0.1, 0.15) is 45.4 Å². The van der Waals surface area contributed by atoms with Crippen molar-refractivity contribution in [2.75, 3.05) is 0 Å². The summed E-state index contributed by atoms with van der Waals surface area (Å²) >= 11 is 0. The highest BCUT2D eigenvalue weighted by atomic mass is 19.4. The van der Waals surface area contributed by atoms with Crippen molar-refractivity contribution in [1.29, 1.82) is 0 Å². The predicted molar refractivity (Wildman–Crippen MR) is 54.9 cm³/mol. The van der Waals surface area contributed by atoms with E-state index in [1.807, 2.05) is 6.92 Å². The Morgan fingerprint density at radius 2 is 1.88 bits per heavy atom. The van der Waals surface area contributed by atoms with Crippen LogP contribution in [0.5, 0.6) is 0 Å². The Balaban J connectivity index is 2.50. The number of amides is 1. The molecule has 94 valence electrons. The first kappa shape index (κ1) is 13.3. The van der Waals surface area contributed by atoms with Crippen LogP contribution >= 0.6 is 0 Å². The maximum absolute atomic E-state index is 12.1. The molecular formula is C11H18F3NO. The minimum atomic E-state index is -4.76. The molecule has 0 saturated heterocycles. The first-order valence-electron chi connectivity index (χ1n) is 5.82. The highest BCUT2D eigenvalue weighted by Crippen LogP contribution is 2.28. The van der Waals surface area contributed by atoms with Crippen LogP contribution in [0, 0.1) is 5.92 Å². The summed E-state index contributed by atoms with van der Waals surface area (Å²) in [5.41, 5.74) is 0. The van der Waals surface area contributed by atoms with Gasteiger partial charge >= 0.3 is 12.1 Å². The number of hydrogen-bond acceptors (Lipinski definition) is 1. The lowest BCUT2D eigenvalue weighted by Gasteiger charge is -2.30. The molecule has 1 aliphatic carbocycles. The van der Waals surface area contributed by atoms with Gasteiger partial charge in [-0.3, -0.25) is 4.79 Å². The monoisotopic (exact) mass is 237 g/mol. The maximum atomic E-state index is 12.1. The lowest BCUT2D eigenvalue weighted by atomic mass is 9.83. The van der Waals surface area contributed by atoms with E-state index >= 15 is 0 Å². The Morgan fingerprint density at radius 3 is 2.31 bits per heavy atom. The van der Waals surface area contributed by atoms with Crippen LogP contribution in [0.4, 0.5) is 13.2 Å². The van der Waals surface area contributed by atoms with Crippen LogP contribution < -0.4 is 5.32 Å². The minimum Gasteiger partial charge on any atom is -0.345 e. The molecule has 0 heterocycles. The zero-order valence-electron chi connectivity index (χ0n) is 9.44. The van der Waals surface area contributed by atoms with Crippen LogP contribution in [0.2, 0.25) is 0 Å². The molecule has 0 aromatic rings. The molecule has 16 heavy (non-hydrogen) atoms. The molecule has 1 fully saturated rings. The van der Waals surface area contributed by atoms with Crippen molar-refractivity contribution in [1.82, 2.24) is 5.32 Å². The van der Waals surface area contributed by atoms with E-state index in [-0.39, 0.29) is 12.0 Å². The highest BCUT2D eigenvalue weighted by Gasteiger charge is 2.40. The second-order valence-corrected chi connectivity index (χ2v) is 4.38. The zero-order valence-corrected chi connectivity index (χ0v) is 9.44. The van der Waals surface area contributed by atoms with Crippen molar-refractivity contribution in [2.45, 2.75) is 57.7 Å². The number of alkyl halides is 3. The first-order chi connectivity index (χ1) is 7.45. The van der Waals surface area contributed by atoms with Gasteiger partial charge in [0.1, 0.15) is 0 Å². The van der Waals surface area contributed by atoms with E-state index in [1.54, 1.807) is 0 Å². The fourth-order valence-electron chi connectivity index (χ4n) is 2.34. The molecule has 1 amide bonds. The van der Waals surface area contributed by atoms with Crippen LogP contribution in [0.15, 0.2) is 0 Å². The Bertz CT molecular complexity index is 234. The van der Waals surface area contributed by atoms with E-state index in [2.05, 4.69) is 5.32 Å². The molecule has 2 nitrogen and oxygen atoms in total. The van der Waals surface area contributed by atoms with Gasteiger partial charge in [0.05, 0.1) is 0 Å². The fraction of sp³-hybridized carbons (Fsp3) is 0.909. The van der Waals surface area contributed by atoms with Gasteiger partial charge in [-0.2, -0.15) is 13.2 Å². The van der Waals surface area contributed by atoms with Gasteiger partial charge < -0.3 is 5.32 Å². The number of carbonyl (C=O) groups excluding carboxylic acids is 1. The van der Waals surface area contributed by atoms with Crippen LogP contribution in [-0.2, 0) is 4.79 Å². The van der Waals surface area contributed by atoms with Crippen molar-refractivity contribution >= 4 is 5.91 Å². The van der Waals surface area contributed by atoms with Gasteiger partial charge in [-0.15, -0.1) is 0 Å². The Kier molecular flexibility index (Phi) is 4.62. The number of halogens is 3. The third-order valence-corrected chi connectivity index (χ3v) is 3.23. The second-order valence-electron chi connectivity index (χ2n) is 4.38. The summed E-state index contributed by atoms with van der Waals surface area (Å²) in [7, 11) is 0. The average Bonchev–Trinajstić information content (AvgIpc) is 2.25. The molecule has 1 aliphatic rings. The van der Waals surface area contributed by atoms with Crippen molar-refractivity contribution in [3.8, 4) is 0 Å². The van der Waals surface area contributed by atoms with Crippen molar-refractivity contribution in [2.24, 2.45) is 5.92 Å². The molecule has 1 atom stereocenters. The van der Waals surface area contributed by atoms with Crippen molar-refractivity contribution < 1.29 is 18.0 Å². The van der Waals surface area contributed by atoms with Crippen molar-refractivity contribution in [3.63, 3.8) is 0 Å². The highest BCUT2D eigenvalue weighted by molar-refractivity contribution is 5.81. The maximum Gasteiger partial charge on any atom is 0.471 e. The summed E-state index contributed by atoms with van der Waals surface area (Å²) < 4.78 is 36.3. The summed E-state index contributed by atoms with van der Waals surface area (Å²) in [6.07, 6.45) is 0.925. The van der Waals surface area contributed by atoms with E-state index < -0.39 is 12.1 Å². The summed E-state index contributed by atoms with van der Waals surface area (Å²) in [5, 5.41) is 2.11. The summed E-state index contributed by atoms with van der Waals surface area (Å²) in [6, 6.07) is -0.325. The summed E-state index contributed by atoms with van der Waals surface area (Å²) in [6.45, 7) is 1.82. The molecular weight excluding hydrogens is 219 g/mol. The van der Waals surface area contributed by atoms with Gasteiger partial charge in [-0.05, 0) is 25.2 Å². The SMILES string of the molecule is CCC(NC(=O)C(F)(F)F)C1CCCCC1. The normalized spacial score (nSPS) is 20.5. The quantitative estimate of drug-likeness (QED) is 0.803. The second kappa shape index (κ2) is 5.55. The molecule has 1 saturated carbocycles. The van der Waals surface area contributed by atoms with E-state index in [4.69, 9.17) is 0 Å². The molecule has 0 radical (unpaired) electrons. The molecule has 0 bridgehead atoms. The third kappa shape index (κ3) is 3.68. The van der Waals surface area contributed by atoms with Crippen molar-refractivity contribution in [3.05, 3.63) is 0 Å². The van der Waals surface area contributed by atoms with Gasteiger partial charge in [-0.1, -0.05) is 26.2 Å². The Hall–Kier alpha value is -0.740. The van der Waals surface area contributed by atoms with Crippen LogP contribution in [0.25, 0.3) is 0 Å². The molecule has 1 rings (SSSR count). The first-order valence-corrected chi connectivity index (χ1v) is 5.82. The molecule has 1 unspecified atom stereocenters. The topological polar surface area (TPSA) is 29.1 Å². The number of carbonyl (C=O) groups is 1. The molecule has 0 aromatic heterocycles. The van der Waals surface area contributed by atoms with Gasteiger partial charge in [0.15, 0.2) is 0 Å². The number of rotatable bonds is 3. The summed E-state index contributed by atoms with van der Waals surface area (Å²) in [4.78, 5) is 10.8. The largest absolute Gasteiger partial charge is 0.471 e. The van der Waals surface area contributed by atoms with E-state index in [1.165, 1.54) is 0 Å². The van der Waals surface area contributed by atoms with E-state index in [0.717, 1.165) is 32.1 Å². The summed E-state index contributed by atoms with van der Waals surface area (Å²) in [5.74, 6) is -1.59. The third-order valence-electron chi connectivity index (χ3n) is 3.23. The average molecular weight is 237 g/mol. The number of nitrogens with one attached hydrogen (secondary N) is 1. The molecule has 1 N–H and O–H groups in total. The molecule has 0 spiro atoms. The van der Waals surface area contributed by atoms with Crippen LogP contribution in [0.3, 0.4) is 0 Å². The minimum absolute atomic E-state index is 0.213. The predicted octanol–water partition coefficient (Wildman–Crippen LogP) is 3.02. The molecule has 0 aliphatic heterocycles. The Morgan fingerprint density at radius 1 is 1.31 bits per heavy atom. The van der Waals surface area contributed by atoms with E-state index in [9.17, 15) is 18.0 Å². The standard InChI is InChI=1S/C11H18F3NO/c1-2-9(8-6-4-3-5-7-8)15-10(16)11(12,13)14/h8-9H,2-7H2,1H3,(H,15,16). The van der Waals surface area contributed by atoms with E-state index in [0.29, 0.717) is 6.42 Å². The lowest BCUT2D eigenvalue weighted by molar-refractivity contribution is -0.174. The van der Waals surface area contributed by atoms with Crippen LogP contribution in [-0.4, -0.2) is 18.1 Å². The van der Waals surface area contributed by atoms with Gasteiger partial charge in [0.25, 0.3) is 0 Å². The van der Waals surface area contributed by atoms with Gasteiger partial charge in [0, 0.05) is 6.04 Å². The molecule has 0 aromatic carbocycles. The zero-order chi connectivity index (χ0) is 12.2. The van der Waals surface area contributed by atoms with Gasteiger partial charge in [-0.25, -0.2) is 0 Å². The lowest BCUT2D eigenvalue weighted by Crippen LogP contribution is -2.46. The smallest absolute Gasteiger partial charge is 0.345 e. The van der Waals surface area contributed by atoms with Gasteiger partial charge in [0.2, 0.25) is 0 Å². The fourth-order valence-corrected chi connectivity index (χ4v) is 2.34. The molecule has 5 heteroatoms. The Labute approximate surface area is 93.6 Å².